The van der Waals surface area contributed by atoms with Crippen LogP contribution in [-0.2, 0) is 28.9 Å². The summed E-state index contributed by atoms with van der Waals surface area (Å²) in [7, 11) is 1.69. The molecular formula is C24H31N3O3. The zero-order chi connectivity index (χ0) is 21.3. The van der Waals surface area contributed by atoms with Crippen LogP contribution in [0.3, 0.4) is 0 Å². The Morgan fingerprint density at radius 3 is 3.00 bits per heavy atom. The van der Waals surface area contributed by atoms with Crippen molar-refractivity contribution in [3.8, 4) is 0 Å². The molecule has 1 aromatic carbocycles. The maximum atomic E-state index is 12.9. The number of hydrogen-bond acceptors (Lipinski definition) is 4. The zero-order valence-corrected chi connectivity index (χ0v) is 18.3. The lowest BCUT2D eigenvalue weighted by Crippen LogP contribution is -2.32. The molecular weight excluding hydrogens is 378 g/mol. The first-order chi connectivity index (χ1) is 14.5. The van der Waals surface area contributed by atoms with Crippen LogP contribution in [0.2, 0.25) is 0 Å². The van der Waals surface area contributed by atoms with E-state index in [2.05, 4.69) is 44.4 Å². The lowest BCUT2D eigenvalue weighted by atomic mass is 9.93. The molecule has 4 rings (SSSR count). The number of aryl methyl sites for hydroxylation is 2. The van der Waals surface area contributed by atoms with E-state index in [1.807, 2.05) is 4.68 Å². The molecule has 1 atom stereocenters. The Hall–Kier alpha value is -2.60. The number of carbonyl (C=O) groups is 1. The lowest BCUT2D eigenvalue weighted by Gasteiger charge is -2.22. The number of ether oxygens (including phenoxy) is 1. The Balaban J connectivity index is 1.50. The second-order valence-corrected chi connectivity index (χ2v) is 8.61. The SMILES string of the molecule is COCCn1cc2c(n1)C(NC(=O)Cc1coc3cc(C)c(C(C)C)cc13)CCC2. The van der Waals surface area contributed by atoms with Crippen molar-refractivity contribution in [1.29, 1.82) is 0 Å². The minimum atomic E-state index is -0.0309. The smallest absolute Gasteiger partial charge is 0.225 e. The summed E-state index contributed by atoms with van der Waals surface area (Å²) in [5, 5.41) is 8.96. The summed E-state index contributed by atoms with van der Waals surface area (Å²) >= 11 is 0. The molecule has 3 aromatic rings. The largest absolute Gasteiger partial charge is 0.464 e. The van der Waals surface area contributed by atoms with Crippen LogP contribution in [0.4, 0.5) is 0 Å². The quantitative estimate of drug-likeness (QED) is 0.626. The number of nitrogens with one attached hydrogen (secondary N) is 1. The van der Waals surface area contributed by atoms with Crippen molar-refractivity contribution in [1.82, 2.24) is 15.1 Å². The second-order valence-electron chi connectivity index (χ2n) is 8.61. The lowest BCUT2D eigenvalue weighted by molar-refractivity contribution is -0.121. The van der Waals surface area contributed by atoms with Gasteiger partial charge in [-0.05, 0) is 60.9 Å². The van der Waals surface area contributed by atoms with Gasteiger partial charge < -0.3 is 14.5 Å². The van der Waals surface area contributed by atoms with Gasteiger partial charge in [0.2, 0.25) is 5.91 Å². The zero-order valence-electron chi connectivity index (χ0n) is 18.3. The normalized spacial score (nSPS) is 16.2. The molecule has 0 saturated heterocycles. The first kappa shape index (κ1) is 20.7. The molecule has 0 aliphatic heterocycles. The van der Waals surface area contributed by atoms with Crippen LogP contribution < -0.4 is 5.32 Å². The average molecular weight is 410 g/mol. The number of amides is 1. The minimum Gasteiger partial charge on any atom is -0.464 e. The highest BCUT2D eigenvalue weighted by molar-refractivity contribution is 5.88. The summed E-state index contributed by atoms with van der Waals surface area (Å²) in [6, 6.07) is 4.22. The molecule has 1 amide bonds. The van der Waals surface area contributed by atoms with Gasteiger partial charge in [0.25, 0.3) is 0 Å². The molecule has 30 heavy (non-hydrogen) atoms. The number of furan rings is 1. The van der Waals surface area contributed by atoms with E-state index in [0.717, 1.165) is 48.0 Å². The summed E-state index contributed by atoms with van der Waals surface area (Å²) in [5.41, 5.74) is 6.53. The van der Waals surface area contributed by atoms with Crippen molar-refractivity contribution < 1.29 is 13.9 Å². The summed E-state index contributed by atoms with van der Waals surface area (Å²) in [6.07, 6.45) is 7.11. The number of rotatable bonds is 7. The van der Waals surface area contributed by atoms with Gasteiger partial charge in [-0.3, -0.25) is 9.48 Å². The maximum absolute atomic E-state index is 12.9. The van der Waals surface area contributed by atoms with E-state index in [4.69, 9.17) is 14.3 Å². The van der Waals surface area contributed by atoms with Gasteiger partial charge in [-0.15, -0.1) is 0 Å². The molecule has 0 radical (unpaired) electrons. The topological polar surface area (TPSA) is 69.3 Å². The molecule has 1 N–H and O–H groups in total. The van der Waals surface area contributed by atoms with Gasteiger partial charge >= 0.3 is 0 Å². The number of methoxy groups -OCH3 is 1. The molecule has 6 heteroatoms. The Labute approximate surface area is 177 Å². The highest BCUT2D eigenvalue weighted by Gasteiger charge is 2.26. The highest BCUT2D eigenvalue weighted by Crippen LogP contribution is 2.31. The van der Waals surface area contributed by atoms with Crippen LogP contribution in [0, 0.1) is 6.92 Å². The molecule has 160 valence electrons. The van der Waals surface area contributed by atoms with Crippen molar-refractivity contribution in [3.63, 3.8) is 0 Å². The van der Waals surface area contributed by atoms with Crippen LogP contribution in [0.5, 0.6) is 0 Å². The molecule has 2 aromatic heterocycles. The van der Waals surface area contributed by atoms with E-state index in [9.17, 15) is 4.79 Å². The van der Waals surface area contributed by atoms with Crippen molar-refractivity contribution >= 4 is 16.9 Å². The van der Waals surface area contributed by atoms with Gasteiger partial charge in [0.1, 0.15) is 5.58 Å². The summed E-state index contributed by atoms with van der Waals surface area (Å²) in [5.74, 6) is 0.438. The number of aromatic nitrogens is 2. The molecule has 0 saturated carbocycles. The Morgan fingerprint density at radius 2 is 2.23 bits per heavy atom. The Kier molecular flexibility index (Phi) is 5.95. The van der Waals surface area contributed by atoms with Crippen molar-refractivity contribution in [3.05, 3.63) is 52.5 Å². The third-order valence-corrected chi connectivity index (χ3v) is 6.01. The fourth-order valence-corrected chi connectivity index (χ4v) is 4.46. The molecule has 0 spiro atoms. The molecule has 0 bridgehead atoms. The fraction of sp³-hybridized carbons (Fsp3) is 0.500. The predicted octanol–water partition coefficient (Wildman–Crippen LogP) is 4.44. The Morgan fingerprint density at radius 1 is 1.40 bits per heavy atom. The third-order valence-electron chi connectivity index (χ3n) is 6.01. The summed E-state index contributed by atoms with van der Waals surface area (Å²) < 4.78 is 12.8. The standard InChI is InChI=1S/C24H31N3O3/c1-15(2)19-12-20-18(14-30-22(20)10-16(19)3)11-23(28)25-21-7-5-6-17-13-27(8-9-29-4)26-24(17)21/h10,12-15,21H,5-9,11H2,1-4H3,(H,25,28). The van der Waals surface area contributed by atoms with Crippen LogP contribution >= 0.6 is 0 Å². The van der Waals surface area contributed by atoms with Crippen LogP contribution in [0.15, 0.2) is 29.0 Å². The molecule has 6 nitrogen and oxygen atoms in total. The van der Waals surface area contributed by atoms with Gasteiger partial charge in [-0.2, -0.15) is 5.10 Å². The van der Waals surface area contributed by atoms with E-state index in [1.165, 1.54) is 16.7 Å². The van der Waals surface area contributed by atoms with E-state index >= 15 is 0 Å². The van der Waals surface area contributed by atoms with Gasteiger partial charge in [0, 0.05) is 24.3 Å². The van der Waals surface area contributed by atoms with E-state index < -0.39 is 0 Å². The monoisotopic (exact) mass is 409 g/mol. The summed E-state index contributed by atoms with van der Waals surface area (Å²) in [6.45, 7) is 7.84. The number of fused-ring (bicyclic) bond motifs is 2. The van der Waals surface area contributed by atoms with Crippen LogP contribution in [0.25, 0.3) is 11.0 Å². The number of hydrogen-bond donors (Lipinski definition) is 1. The molecule has 1 unspecified atom stereocenters. The third kappa shape index (κ3) is 4.15. The van der Waals surface area contributed by atoms with Crippen LogP contribution in [0.1, 0.15) is 66.6 Å². The maximum Gasteiger partial charge on any atom is 0.225 e. The van der Waals surface area contributed by atoms with E-state index in [1.54, 1.807) is 13.4 Å². The first-order valence-corrected chi connectivity index (χ1v) is 10.8. The average Bonchev–Trinajstić information content (AvgIpc) is 3.29. The number of nitrogens with zero attached hydrogens (tertiary/aromatic N) is 2. The van der Waals surface area contributed by atoms with E-state index in [0.29, 0.717) is 18.9 Å². The van der Waals surface area contributed by atoms with Gasteiger partial charge in [-0.1, -0.05) is 13.8 Å². The minimum absolute atomic E-state index is 0.00802. The van der Waals surface area contributed by atoms with E-state index in [-0.39, 0.29) is 11.9 Å². The molecule has 2 heterocycles. The van der Waals surface area contributed by atoms with Gasteiger partial charge in [-0.25, -0.2) is 0 Å². The van der Waals surface area contributed by atoms with Crippen LogP contribution in [-0.4, -0.2) is 29.4 Å². The molecule has 0 fully saturated rings. The number of benzene rings is 1. The first-order valence-electron chi connectivity index (χ1n) is 10.8. The second kappa shape index (κ2) is 8.64. The number of carbonyl (C=O) groups excluding carboxylic acids is 1. The predicted molar refractivity (Wildman–Crippen MR) is 117 cm³/mol. The fourth-order valence-electron chi connectivity index (χ4n) is 4.46. The summed E-state index contributed by atoms with van der Waals surface area (Å²) in [4.78, 5) is 12.9. The molecule has 1 aliphatic rings. The van der Waals surface area contributed by atoms with Crippen molar-refractivity contribution in [2.75, 3.05) is 13.7 Å². The van der Waals surface area contributed by atoms with Gasteiger partial charge in [0.15, 0.2) is 0 Å². The van der Waals surface area contributed by atoms with Gasteiger partial charge in [0.05, 0.1) is 37.6 Å². The molecule has 1 aliphatic carbocycles. The highest BCUT2D eigenvalue weighted by atomic mass is 16.5. The van der Waals surface area contributed by atoms with Crippen molar-refractivity contribution in [2.24, 2.45) is 0 Å². The van der Waals surface area contributed by atoms with Crippen molar-refractivity contribution in [2.45, 2.75) is 65.0 Å². The Bertz CT molecular complexity index is 1050.